The Hall–Kier alpha value is -1.39. The summed E-state index contributed by atoms with van der Waals surface area (Å²) in [6.07, 6.45) is -0.0299. The fourth-order valence-electron chi connectivity index (χ4n) is 1.29. The Balaban J connectivity index is 2.67. The van der Waals surface area contributed by atoms with Crippen molar-refractivity contribution in [3.8, 4) is 0 Å². The van der Waals surface area contributed by atoms with Gasteiger partial charge in [0.05, 0.1) is 0 Å². The second-order valence-electron chi connectivity index (χ2n) is 3.31. The molecule has 1 unspecified atom stereocenters. The van der Waals surface area contributed by atoms with Gasteiger partial charge in [-0.2, -0.15) is 0 Å². The number of carbonyl (C=O) groups is 1. The van der Waals surface area contributed by atoms with Crippen molar-refractivity contribution < 1.29 is 20.1 Å². The summed E-state index contributed by atoms with van der Waals surface area (Å²) in [4.78, 5) is 10.5. The van der Waals surface area contributed by atoms with E-state index in [9.17, 15) is 9.90 Å². The van der Waals surface area contributed by atoms with E-state index in [1.165, 1.54) is 0 Å². The standard InChI is InChI=1S/C11H14O4/c12-7-1-2-8-3-5-9(6-4-8)10(13)11(14)15/h3-6,10,12-13H,1-2,7H2,(H,14,15). The van der Waals surface area contributed by atoms with Gasteiger partial charge in [-0.15, -0.1) is 0 Å². The number of benzene rings is 1. The molecule has 1 aromatic rings. The van der Waals surface area contributed by atoms with Crippen LogP contribution in [0, 0.1) is 0 Å². The molecule has 0 aliphatic carbocycles. The Morgan fingerprint density at radius 2 is 1.87 bits per heavy atom. The van der Waals surface area contributed by atoms with Gasteiger partial charge in [-0.1, -0.05) is 24.3 Å². The fraction of sp³-hybridized carbons (Fsp3) is 0.364. The SMILES string of the molecule is O=C(O)C(O)c1ccc(CCCO)cc1. The monoisotopic (exact) mass is 210 g/mol. The first-order valence-electron chi connectivity index (χ1n) is 4.75. The number of carboxylic acid groups (broad SMARTS) is 1. The van der Waals surface area contributed by atoms with Crippen molar-refractivity contribution in [2.24, 2.45) is 0 Å². The summed E-state index contributed by atoms with van der Waals surface area (Å²) < 4.78 is 0. The lowest BCUT2D eigenvalue weighted by molar-refractivity contribution is -0.146. The van der Waals surface area contributed by atoms with Crippen LogP contribution < -0.4 is 0 Å². The van der Waals surface area contributed by atoms with Gasteiger partial charge in [0.1, 0.15) is 0 Å². The van der Waals surface area contributed by atoms with Crippen molar-refractivity contribution in [2.45, 2.75) is 18.9 Å². The highest BCUT2D eigenvalue weighted by Crippen LogP contribution is 2.14. The van der Waals surface area contributed by atoms with Crippen LogP contribution in [0.2, 0.25) is 0 Å². The third-order valence-electron chi connectivity index (χ3n) is 2.15. The summed E-state index contributed by atoms with van der Waals surface area (Å²) >= 11 is 0. The highest BCUT2D eigenvalue weighted by molar-refractivity contribution is 5.73. The first-order valence-corrected chi connectivity index (χ1v) is 4.75. The molecule has 0 aromatic heterocycles. The van der Waals surface area contributed by atoms with Gasteiger partial charge in [-0.05, 0) is 24.0 Å². The second-order valence-corrected chi connectivity index (χ2v) is 3.31. The molecule has 0 saturated heterocycles. The van der Waals surface area contributed by atoms with Crippen LogP contribution in [0.5, 0.6) is 0 Å². The van der Waals surface area contributed by atoms with Gasteiger partial charge in [0.2, 0.25) is 0 Å². The fourth-order valence-corrected chi connectivity index (χ4v) is 1.29. The Morgan fingerprint density at radius 3 is 2.33 bits per heavy atom. The zero-order valence-electron chi connectivity index (χ0n) is 8.26. The van der Waals surface area contributed by atoms with Crippen molar-refractivity contribution >= 4 is 5.97 Å². The first kappa shape index (κ1) is 11.7. The normalized spacial score (nSPS) is 12.4. The van der Waals surface area contributed by atoms with Crippen LogP contribution in [0.4, 0.5) is 0 Å². The van der Waals surface area contributed by atoms with Crippen molar-refractivity contribution in [3.05, 3.63) is 35.4 Å². The summed E-state index contributed by atoms with van der Waals surface area (Å²) in [6, 6.07) is 6.70. The van der Waals surface area contributed by atoms with Gasteiger partial charge in [-0.3, -0.25) is 0 Å². The number of hydrogen-bond acceptors (Lipinski definition) is 3. The minimum absolute atomic E-state index is 0.138. The predicted octanol–water partition coefficient (Wildman–Crippen LogP) is 0.730. The number of aliphatic hydroxyl groups is 2. The minimum Gasteiger partial charge on any atom is -0.479 e. The van der Waals surface area contributed by atoms with Gasteiger partial charge in [0.25, 0.3) is 0 Å². The highest BCUT2D eigenvalue weighted by atomic mass is 16.4. The van der Waals surface area contributed by atoms with Crippen LogP contribution in [0.3, 0.4) is 0 Å². The molecule has 0 aliphatic heterocycles. The summed E-state index contributed by atoms with van der Waals surface area (Å²) in [5.74, 6) is -1.25. The summed E-state index contributed by atoms with van der Waals surface area (Å²) in [5.41, 5.74) is 1.39. The van der Waals surface area contributed by atoms with Crippen LogP contribution in [0.1, 0.15) is 23.7 Å². The molecule has 3 N–H and O–H groups in total. The number of aliphatic carboxylic acids is 1. The Kier molecular flexibility index (Phi) is 4.27. The molecule has 1 aromatic carbocycles. The Morgan fingerprint density at radius 1 is 1.27 bits per heavy atom. The molecule has 1 atom stereocenters. The highest BCUT2D eigenvalue weighted by Gasteiger charge is 2.14. The Labute approximate surface area is 87.8 Å². The van der Waals surface area contributed by atoms with E-state index in [1.54, 1.807) is 24.3 Å². The smallest absolute Gasteiger partial charge is 0.337 e. The minimum atomic E-state index is -1.46. The molecule has 1 rings (SSSR count). The molecule has 82 valence electrons. The van der Waals surface area contributed by atoms with Crippen LogP contribution in [-0.4, -0.2) is 27.9 Å². The maximum absolute atomic E-state index is 10.5. The predicted molar refractivity (Wildman–Crippen MR) is 54.4 cm³/mol. The van der Waals surface area contributed by atoms with E-state index in [1.807, 2.05) is 0 Å². The molecule has 0 aliphatic rings. The number of carboxylic acids is 1. The van der Waals surface area contributed by atoms with Crippen LogP contribution in [0.15, 0.2) is 24.3 Å². The van der Waals surface area contributed by atoms with Gasteiger partial charge in [0.15, 0.2) is 6.10 Å². The lowest BCUT2D eigenvalue weighted by atomic mass is 10.0. The molecule has 0 saturated carbocycles. The zero-order valence-corrected chi connectivity index (χ0v) is 8.26. The van der Waals surface area contributed by atoms with Gasteiger partial charge in [-0.25, -0.2) is 4.79 Å². The lowest BCUT2D eigenvalue weighted by Crippen LogP contribution is -2.10. The maximum atomic E-state index is 10.5. The molecule has 0 spiro atoms. The van der Waals surface area contributed by atoms with Crippen LogP contribution >= 0.6 is 0 Å². The third-order valence-corrected chi connectivity index (χ3v) is 2.15. The molecule has 0 amide bonds. The van der Waals surface area contributed by atoms with Crippen molar-refractivity contribution in [1.82, 2.24) is 0 Å². The molecule has 4 nitrogen and oxygen atoms in total. The number of hydrogen-bond donors (Lipinski definition) is 3. The molecule has 0 fully saturated rings. The van der Waals surface area contributed by atoms with Crippen molar-refractivity contribution in [1.29, 1.82) is 0 Å². The number of rotatable bonds is 5. The van der Waals surface area contributed by atoms with Gasteiger partial charge >= 0.3 is 5.97 Å². The lowest BCUT2D eigenvalue weighted by Gasteiger charge is -2.06. The van der Waals surface area contributed by atoms with E-state index in [2.05, 4.69) is 0 Å². The van der Waals surface area contributed by atoms with E-state index in [4.69, 9.17) is 10.2 Å². The van der Waals surface area contributed by atoms with E-state index in [0.717, 1.165) is 12.0 Å². The van der Waals surface area contributed by atoms with Gasteiger partial charge in [0, 0.05) is 6.61 Å². The van der Waals surface area contributed by atoms with Crippen molar-refractivity contribution in [2.75, 3.05) is 6.61 Å². The average Bonchev–Trinajstić information content (AvgIpc) is 2.26. The summed E-state index contributed by atoms with van der Waals surface area (Å²) in [7, 11) is 0. The van der Waals surface area contributed by atoms with Gasteiger partial charge < -0.3 is 15.3 Å². The van der Waals surface area contributed by atoms with Crippen LogP contribution in [0.25, 0.3) is 0 Å². The molecular formula is C11H14O4. The molecule has 0 bridgehead atoms. The average molecular weight is 210 g/mol. The van der Waals surface area contributed by atoms with E-state index >= 15 is 0 Å². The second kappa shape index (κ2) is 5.48. The maximum Gasteiger partial charge on any atom is 0.337 e. The van der Waals surface area contributed by atoms with Crippen LogP contribution in [-0.2, 0) is 11.2 Å². The topological polar surface area (TPSA) is 77.8 Å². The zero-order chi connectivity index (χ0) is 11.3. The third kappa shape index (κ3) is 3.34. The molecular weight excluding hydrogens is 196 g/mol. The summed E-state index contributed by atoms with van der Waals surface area (Å²) in [5, 5.41) is 26.4. The first-order chi connectivity index (χ1) is 7.15. The molecule has 15 heavy (non-hydrogen) atoms. The molecule has 0 radical (unpaired) electrons. The van der Waals surface area contributed by atoms with E-state index < -0.39 is 12.1 Å². The summed E-state index contributed by atoms with van der Waals surface area (Å²) in [6.45, 7) is 0.138. The van der Waals surface area contributed by atoms with E-state index in [0.29, 0.717) is 12.0 Å². The van der Waals surface area contributed by atoms with Crippen molar-refractivity contribution in [3.63, 3.8) is 0 Å². The largest absolute Gasteiger partial charge is 0.479 e. The molecule has 4 heteroatoms. The number of aliphatic hydroxyl groups excluding tert-OH is 2. The number of aryl methyl sites for hydroxylation is 1. The Bertz CT molecular complexity index is 318. The quantitative estimate of drug-likeness (QED) is 0.669. The van der Waals surface area contributed by atoms with E-state index in [-0.39, 0.29) is 6.61 Å². The molecule has 0 heterocycles.